The number of carbonyl (C=O) groups excluding carboxylic acids is 2. The molecule has 0 radical (unpaired) electrons. The Labute approximate surface area is 157 Å². The molecule has 0 spiro atoms. The molecule has 0 unspecified atom stereocenters. The van der Waals surface area contributed by atoms with Crippen LogP contribution in [0.15, 0.2) is 47.1 Å². The van der Waals surface area contributed by atoms with Crippen LogP contribution in [0, 0.1) is 0 Å². The number of unbranched alkanes of at least 4 members (excludes halogenated alkanes) is 1. The first kappa shape index (κ1) is 20.2. The lowest BCUT2D eigenvalue weighted by molar-refractivity contribution is -0.117. The van der Waals surface area contributed by atoms with Crippen molar-refractivity contribution in [3.63, 3.8) is 0 Å². The Morgan fingerprint density at radius 1 is 1.22 bits per heavy atom. The lowest BCUT2D eigenvalue weighted by Gasteiger charge is -2.14. The van der Waals surface area contributed by atoms with Crippen LogP contribution in [0.1, 0.15) is 25.0 Å². The fourth-order valence-corrected chi connectivity index (χ4v) is 2.31. The van der Waals surface area contributed by atoms with Crippen LogP contribution in [0.2, 0.25) is 0 Å². The van der Waals surface area contributed by atoms with Crippen LogP contribution in [-0.4, -0.2) is 29.5 Å². The van der Waals surface area contributed by atoms with Gasteiger partial charge in [0.25, 0.3) is 0 Å². The number of amides is 2. The topological polar surface area (TPSA) is 144 Å². The summed E-state index contributed by atoms with van der Waals surface area (Å²) in [6.07, 6.45) is 6.38. The van der Waals surface area contributed by atoms with E-state index in [1.54, 1.807) is 12.1 Å². The van der Waals surface area contributed by atoms with Gasteiger partial charge in [-0.05, 0) is 55.8 Å². The molecule has 0 saturated heterocycles. The summed E-state index contributed by atoms with van der Waals surface area (Å²) >= 11 is 0. The molecule has 0 fully saturated rings. The molecule has 1 aromatic heterocycles. The molecule has 2 amide bonds. The Balaban J connectivity index is 1.96. The molecular weight excluding hydrogens is 348 g/mol. The SMILES string of the molecule is NCCCC[C@H](N)C(=O)Nc1cc(NC(=O)C=Cc2ccco2)ccc1O. The smallest absolute Gasteiger partial charge is 0.248 e. The first-order valence-electron chi connectivity index (χ1n) is 8.61. The lowest BCUT2D eigenvalue weighted by atomic mass is 10.1. The minimum Gasteiger partial charge on any atom is -0.506 e. The van der Waals surface area contributed by atoms with Crippen molar-refractivity contribution in [2.45, 2.75) is 25.3 Å². The predicted molar refractivity (Wildman–Crippen MR) is 104 cm³/mol. The molecule has 1 atom stereocenters. The second-order valence-electron chi connectivity index (χ2n) is 5.95. The van der Waals surface area contributed by atoms with E-state index >= 15 is 0 Å². The average molecular weight is 372 g/mol. The molecule has 0 saturated carbocycles. The van der Waals surface area contributed by atoms with Crippen LogP contribution < -0.4 is 22.1 Å². The van der Waals surface area contributed by atoms with Crippen LogP contribution >= 0.6 is 0 Å². The highest BCUT2D eigenvalue weighted by Crippen LogP contribution is 2.27. The highest BCUT2D eigenvalue weighted by molar-refractivity contribution is 6.03. The van der Waals surface area contributed by atoms with Crippen molar-refractivity contribution in [2.24, 2.45) is 11.5 Å². The first-order chi connectivity index (χ1) is 13.0. The Kier molecular flexibility index (Phi) is 7.60. The monoisotopic (exact) mass is 372 g/mol. The zero-order valence-electron chi connectivity index (χ0n) is 14.9. The van der Waals surface area contributed by atoms with Crippen molar-refractivity contribution in [3.8, 4) is 5.75 Å². The van der Waals surface area contributed by atoms with Gasteiger partial charge in [-0.3, -0.25) is 9.59 Å². The van der Waals surface area contributed by atoms with Crippen LogP contribution in [0.4, 0.5) is 11.4 Å². The summed E-state index contributed by atoms with van der Waals surface area (Å²) in [6, 6.07) is 7.08. The Morgan fingerprint density at radius 3 is 2.74 bits per heavy atom. The molecule has 0 bridgehead atoms. The highest BCUT2D eigenvalue weighted by atomic mass is 16.3. The molecule has 0 aliphatic rings. The molecule has 8 nitrogen and oxygen atoms in total. The van der Waals surface area contributed by atoms with Crippen molar-refractivity contribution in [1.29, 1.82) is 0 Å². The number of phenolic OH excluding ortho intramolecular Hbond substituents is 1. The molecule has 1 heterocycles. The summed E-state index contributed by atoms with van der Waals surface area (Å²) in [5, 5.41) is 15.1. The zero-order chi connectivity index (χ0) is 19.6. The maximum absolute atomic E-state index is 12.1. The number of hydrogen-bond donors (Lipinski definition) is 5. The van der Waals surface area contributed by atoms with Crippen molar-refractivity contribution >= 4 is 29.3 Å². The number of anilines is 2. The third kappa shape index (κ3) is 6.61. The van der Waals surface area contributed by atoms with Gasteiger partial charge in [0.2, 0.25) is 11.8 Å². The van der Waals surface area contributed by atoms with Gasteiger partial charge in [-0.1, -0.05) is 6.42 Å². The summed E-state index contributed by atoms with van der Waals surface area (Å²) in [5.74, 6) is -0.370. The lowest BCUT2D eigenvalue weighted by Crippen LogP contribution is -2.35. The van der Waals surface area contributed by atoms with E-state index in [1.165, 1.54) is 36.6 Å². The van der Waals surface area contributed by atoms with E-state index < -0.39 is 11.9 Å². The van der Waals surface area contributed by atoms with Gasteiger partial charge >= 0.3 is 0 Å². The number of hydrogen-bond acceptors (Lipinski definition) is 6. The van der Waals surface area contributed by atoms with Crippen LogP contribution in [0.3, 0.4) is 0 Å². The molecule has 7 N–H and O–H groups in total. The maximum Gasteiger partial charge on any atom is 0.248 e. The van der Waals surface area contributed by atoms with Crippen molar-refractivity contribution in [2.75, 3.05) is 17.2 Å². The molecule has 2 rings (SSSR count). The molecule has 144 valence electrons. The van der Waals surface area contributed by atoms with E-state index in [-0.39, 0.29) is 17.3 Å². The number of aromatic hydroxyl groups is 1. The van der Waals surface area contributed by atoms with Gasteiger partial charge in [-0.15, -0.1) is 0 Å². The molecule has 0 aliphatic carbocycles. The van der Waals surface area contributed by atoms with Crippen LogP contribution in [-0.2, 0) is 9.59 Å². The van der Waals surface area contributed by atoms with Crippen molar-refractivity contribution < 1.29 is 19.1 Å². The fourth-order valence-electron chi connectivity index (χ4n) is 2.31. The number of benzene rings is 1. The number of rotatable bonds is 9. The van der Waals surface area contributed by atoms with Crippen molar-refractivity contribution in [3.05, 3.63) is 48.4 Å². The van der Waals surface area contributed by atoms with Gasteiger partial charge in [0, 0.05) is 11.8 Å². The third-order valence-corrected chi connectivity index (χ3v) is 3.77. The van der Waals surface area contributed by atoms with Crippen LogP contribution in [0.25, 0.3) is 6.08 Å². The largest absolute Gasteiger partial charge is 0.506 e. The van der Waals surface area contributed by atoms with Crippen LogP contribution in [0.5, 0.6) is 5.75 Å². The van der Waals surface area contributed by atoms with Gasteiger partial charge in [0.1, 0.15) is 11.5 Å². The number of furan rings is 1. The second-order valence-corrected chi connectivity index (χ2v) is 5.95. The quantitative estimate of drug-likeness (QED) is 0.197. The van der Waals surface area contributed by atoms with Gasteiger partial charge in [0.05, 0.1) is 18.0 Å². The first-order valence-corrected chi connectivity index (χ1v) is 8.61. The number of phenols is 1. The average Bonchev–Trinajstić information content (AvgIpc) is 3.16. The van der Waals surface area contributed by atoms with E-state index in [4.69, 9.17) is 15.9 Å². The van der Waals surface area contributed by atoms with E-state index in [0.717, 1.165) is 12.8 Å². The van der Waals surface area contributed by atoms with E-state index in [0.29, 0.717) is 24.4 Å². The second kappa shape index (κ2) is 10.1. The number of carbonyl (C=O) groups is 2. The van der Waals surface area contributed by atoms with E-state index in [9.17, 15) is 14.7 Å². The Bertz CT molecular complexity index is 787. The standard InChI is InChI=1S/C19H24N4O4/c20-10-2-1-5-15(21)19(26)23-16-12-13(6-8-17(16)24)22-18(25)9-7-14-4-3-11-27-14/h3-4,6-9,11-12,15,24H,1-2,5,10,20-21H2,(H,22,25)(H,23,26)/t15-/m0/s1. The summed E-state index contributed by atoms with van der Waals surface area (Å²) in [5.41, 5.74) is 11.8. The zero-order valence-corrected chi connectivity index (χ0v) is 14.9. The minimum absolute atomic E-state index is 0.123. The molecule has 2 aromatic rings. The summed E-state index contributed by atoms with van der Waals surface area (Å²) in [7, 11) is 0. The van der Waals surface area contributed by atoms with Gasteiger partial charge in [0.15, 0.2) is 0 Å². The number of nitrogens with two attached hydrogens (primary N) is 2. The molecular formula is C19H24N4O4. The molecule has 1 aromatic carbocycles. The van der Waals surface area contributed by atoms with Gasteiger partial charge < -0.3 is 31.6 Å². The summed E-state index contributed by atoms with van der Waals surface area (Å²) < 4.78 is 5.10. The summed E-state index contributed by atoms with van der Waals surface area (Å²) in [4.78, 5) is 24.1. The fraction of sp³-hybridized carbons (Fsp3) is 0.263. The van der Waals surface area contributed by atoms with E-state index in [1.807, 2.05) is 0 Å². The molecule has 0 aliphatic heterocycles. The normalized spacial score (nSPS) is 12.1. The van der Waals surface area contributed by atoms with Gasteiger partial charge in [-0.2, -0.15) is 0 Å². The number of nitrogens with one attached hydrogen (secondary N) is 2. The molecule has 27 heavy (non-hydrogen) atoms. The third-order valence-electron chi connectivity index (χ3n) is 3.77. The summed E-state index contributed by atoms with van der Waals surface area (Å²) in [6.45, 7) is 0.547. The Hall–Kier alpha value is -3.10. The predicted octanol–water partition coefficient (Wildman–Crippen LogP) is 2.03. The maximum atomic E-state index is 12.1. The molecule has 8 heteroatoms. The Morgan fingerprint density at radius 2 is 2.04 bits per heavy atom. The minimum atomic E-state index is -0.703. The van der Waals surface area contributed by atoms with E-state index in [2.05, 4.69) is 10.6 Å². The van der Waals surface area contributed by atoms with Crippen molar-refractivity contribution in [1.82, 2.24) is 0 Å². The highest BCUT2D eigenvalue weighted by Gasteiger charge is 2.15. The van der Waals surface area contributed by atoms with Gasteiger partial charge in [-0.25, -0.2) is 0 Å².